The van der Waals surface area contributed by atoms with Gasteiger partial charge in [0.15, 0.2) is 9.84 Å². The highest BCUT2D eigenvalue weighted by molar-refractivity contribution is 7.92. The number of hydrogen-bond acceptors (Lipinski definition) is 3. The zero-order valence-electron chi connectivity index (χ0n) is 12.9. The lowest BCUT2D eigenvalue weighted by molar-refractivity contribution is -0.113. The van der Waals surface area contributed by atoms with Crippen LogP contribution >= 0.6 is 0 Å². The largest absolute Gasteiger partial charge is 0.325 e. The summed E-state index contributed by atoms with van der Waals surface area (Å²) in [5.41, 5.74) is 3.45. The summed E-state index contributed by atoms with van der Waals surface area (Å²) >= 11 is 0. The van der Waals surface area contributed by atoms with Crippen molar-refractivity contribution in [2.45, 2.75) is 25.7 Å². The Morgan fingerprint density at radius 1 is 0.955 bits per heavy atom. The van der Waals surface area contributed by atoms with E-state index in [2.05, 4.69) is 5.32 Å². The van der Waals surface area contributed by atoms with Crippen LogP contribution in [0.4, 0.5) is 5.69 Å². The van der Waals surface area contributed by atoms with E-state index in [0.717, 1.165) is 16.7 Å². The highest BCUT2D eigenvalue weighted by Gasteiger charge is 2.20. The molecular formula is C17H19NO3S. The van der Waals surface area contributed by atoms with Crippen molar-refractivity contribution in [3.63, 3.8) is 0 Å². The van der Waals surface area contributed by atoms with Gasteiger partial charge in [-0.15, -0.1) is 0 Å². The first-order valence-corrected chi connectivity index (χ1v) is 8.60. The molecule has 2 rings (SSSR count). The zero-order valence-corrected chi connectivity index (χ0v) is 13.7. The first-order valence-electron chi connectivity index (χ1n) is 6.95. The summed E-state index contributed by atoms with van der Waals surface area (Å²) in [5, 5.41) is 2.70. The van der Waals surface area contributed by atoms with Crippen LogP contribution in [-0.2, 0) is 14.6 Å². The number of sulfone groups is 1. The van der Waals surface area contributed by atoms with Crippen molar-refractivity contribution in [2.24, 2.45) is 0 Å². The summed E-state index contributed by atoms with van der Waals surface area (Å²) in [6.07, 6.45) is 0. The molecule has 0 aliphatic heterocycles. The minimum atomic E-state index is -3.63. The van der Waals surface area contributed by atoms with Gasteiger partial charge in [-0.05, 0) is 44.0 Å². The quantitative estimate of drug-likeness (QED) is 0.943. The van der Waals surface area contributed by atoms with Crippen molar-refractivity contribution < 1.29 is 13.2 Å². The Morgan fingerprint density at radius 2 is 1.50 bits per heavy atom. The molecule has 0 bridgehead atoms. The Balaban J connectivity index is 2.16. The third-order valence-corrected chi connectivity index (χ3v) is 5.08. The van der Waals surface area contributed by atoms with Gasteiger partial charge in [0.25, 0.3) is 0 Å². The summed E-state index contributed by atoms with van der Waals surface area (Å²) in [4.78, 5) is 12.2. The predicted molar refractivity (Wildman–Crippen MR) is 87.8 cm³/mol. The van der Waals surface area contributed by atoms with Crippen LogP contribution in [0.3, 0.4) is 0 Å². The second-order valence-electron chi connectivity index (χ2n) is 5.39. The highest BCUT2D eigenvalue weighted by Crippen LogP contribution is 2.20. The molecule has 1 amide bonds. The van der Waals surface area contributed by atoms with Crippen LogP contribution < -0.4 is 5.32 Å². The number of amides is 1. The molecule has 0 aliphatic rings. The van der Waals surface area contributed by atoms with Gasteiger partial charge in [-0.3, -0.25) is 4.79 Å². The van der Waals surface area contributed by atoms with Gasteiger partial charge in [-0.2, -0.15) is 0 Å². The Labute approximate surface area is 131 Å². The fourth-order valence-electron chi connectivity index (χ4n) is 2.19. The van der Waals surface area contributed by atoms with E-state index in [0.29, 0.717) is 5.69 Å². The van der Waals surface area contributed by atoms with Gasteiger partial charge in [0.05, 0.1) is 4.90 Å². The summed E-state index contributed by atoms with van der Waals surface area (Å²) in [6, 6.07) is 12.1. The van der Waals surface area contributed by atoms with E-state index in [-0.39, 0.29) is 4.90 Å². The number of anilines is 1. The minimum absolute atomic E-state index is 0.162. The number of hydrogen-bond donors (Lipinski definition) is 1. The first-order chi connectivity index (χ1) is 10.3. The lowest BCUT2D eigenvalue weighted by Crippen LogP contribution is -2.23. The third kappa shape index (κ3) is 3.74. The molecule has 0 heterocycles. The molecule has 2 aromatic rings. The second-order valence-corrected chi connectivity index (χ2v) is 7.38. The Kier molecular flexibility index (Phi) is 4.66. The van der Waals surface area contributed by atoms with Gasteiger partial charge in [0.2, 0.25) is 5.91 Å². The average molecular weight is 317 g/mol. The molecule has 0 spiro atoms. The molecule has 1 N–H and O–H groups in total. The number of para-hydroxylation sites is 1. The van der Waals surface area contributed by atoms with Crippen LogP contribution in [0.25, 0.3) is 0 Å². The normalized spacial score (nSPS) is 11.2. The number of aryl methyl sites for hydroxylation is 3. The fraction of sp³-hybridized carbons (Fsp3) is 0.235. The van der Waals surface area contributed by atoms with Crippen LogP contribution in [0.5, 0.6) is 0 Å². The lowest BCUT2D eigenvalue weighted by Gasteiger charge is -2.11. The molecule has 2 aromatic carbocycles. The average Bonchev–Trinajstić information content (AvgIpc) is 2.43. The topological polar surface area (TPSA) is 63.2 Å². The molecule has 0 radical (unpaired) electrons. The molecule has 116 valence electrons. The van der Waals surface area contributed by atoms with Crippen LogP contribution in [0, 0.1) is 20.8 Å². The maximum atomic E-state index is 12.3. The molecule has 22 heavy (non-hydrogen) atoms. The van der Waals surface area contributed by atoms with Crippen molar-refractivity contribution in [3.05, 3.63) is 59.2 Å². The van der Waals surface area contributed by atoms with Crippen LogP contribution in [0.15, 0.2) is 47.4 Å². The van der Waals surface area contributed by atoms with Crippen molar-refractivity contribution >= 4 is 21.4 Å². The minimum Gasteiger partial charge on any atom is -0.325 e. The van der Waals surface area contributed by atoms with Crippen LogP contribution in [-0.4, -0.2) is 20.1 Å². The molecule has 0 saturated carbocycles. The van der Waals surface area contributed by atoms with E-state index >= 15 is 0 Å². The van der Waals surface area contributed by atoms with Gasteiger partial charge < -0.3 is 5.32 Å². The number of carbonyl (C=O) groups is 1. The van der Waals surface area contributed by atoms with E-state index in [1.165, 1.54) is 12.1 Å². The van der Waals surface area contributed by atoms with Crippen molar-refractivity contribution in [3.8, 4) is 0 Å². The summed E-state index contributed by atoms with van der Waals surface area (Å²) < 4.78 is 24.5. The second kappa shape index (κ2) is 6.32. The molecule has 0 atom stereocenters. The lowest BCUT2D eigenvalue weighted by atomic mass is 10.1. The molecule has 5 heteroatoms. The van der Waals surface area contributed by atoms with Gasteiger partial charge in [-0.25, -0.2) is 8.42 Å². The maximum Gasteiger partial charge on any atom is 0.239 e. The van der Waals surface area contributed by atoms with E-state index in [1.807, 2.05) is 39.0 Å². The number of carbonyl (C=O) groups excluding carboxylic acids is 1. The number of benzene rings is 2. The smallest absolute Gasteiger partial charge is 0.239 e. The highest BCUT2D eigenvalue weighted by atomic mass is 32.2. The molecule has 0 aromatic heterocycles. The molecule has 0 fully saturated rings. The summed E-state index contributed by atoms with van der Waals surface area (Å²) in [6.45, 7) is 5.62. The third-order valence-electron chi connectivity index (χ3n) is 3.45. The van der Waals surface area contributed by atoms with Crippen LogP contribution in [0.2, 0.25) is 0 Å². The van der Waals surface area contributed by atoms with E-state index in [1.54, 1.807) is 12.1 Å². The Bertz CT molecular complexity index is 773. The Morgan fingerprint density at radius 3 is 2.05 bits per heavy atom. The van der Waals surface area contributed by atoms with Gasteiger partial charge >= 0.3 is 0 Å². The zero-order chi connectivity index (χ0) is 16.3. The predicted octanol–water partition coefficient (Wildman–Crippen LogP) is 3.02. The van der Waals surface area contributed by atoms with Gasteiger partial charge in [0, 0.05) is 5.69 Å². The summed E-state index contributed by atoms with van der Waals surface area (Å²) in [7, 11) is -3.63. The van der Waals surface area contributed by atoms with E-state index in [4.69, 9.17) is 0 Å². The first kappa shape index (κ1) is 16.2. The molecule has 0 aliphatic carbocycles. The standard InChI is InChI=1S/C17H19NO3S/c1-12-7-9-15(10-8-12)22(20,21)11-16(19)18-17-13(2)5-4-6-14(17)3/h4-10H,11H2,1-3H3,(H,18,19). The van der Waals surface area contributed by atoms with Gasteiger partial charge in [-0.1, -0.05) is 35.9 Å². The van der Waals surface area contributed by atoms with E-state index in [9.17, 15) is 13.2 Å². The van der Waals surface area contributed by atoms with Gasteiger partial charge in [0.1, 0.15) is 5.75 Å². The molecular weight excluding hydrogens is 298 g/mol. The monoisotopic (exact) mass is 317 g/mol. The molecule has 4 nitrogen and oxygen atoms in total. The number of rotatable bonds is 4. The molecule has 0 unspecified atom stereocenters. The van der Waals surface area contributed by atoms with Crippen molar-refractivity contribution in [1.29, 1.82) is 0 Å². The Hall–Kier alpha value is -2.14. The maximum absolute atomic E-state index is 12.3. The van der Waals surface area contributed by atoms with Crippen molar-refractivity contribution in [2.75, 3.05) is 11.1 Å². The fourth-order valence-corrected chi connectivity index (χ4v) is 3.32. The SMILES string of the molecule is Cc1ccc(S(=O)(=O)CC(=O)Nc2c(C)cccc2C)cc1. The summed E-state index contributed by atoms with van der Waals surface area (Å²) in [5.74, 6) is -1.10. The van der Waals surface area contributed by atoms with Crippen molar-refractivity contribution in [1.82, 2.24) is 0 Å². The van der Waals surface area contributed by atoms with E-state index < -0.39 is 21.5 Å². The molecule has 0 saturated heterocycles. The number of nitrogens with one attached hydrogen (secondary N) is 1. The van der Waals surface area contributed by atoms with Crippen LogP contribution in [0.1, 0.15) is 16.7 Å².